The Labute approximate surface area is 150 Å². The molecule has 1 aliphatic carbocycles. The summed E-state index contributed by atoms with van der Waals surface area (Å²) in [5.41, 5.74) is 0.257. The van der Waals surface area contributed by atoms with E-state index in [0.29, 0.717) is 36.1 Å². The summed E-state index contributed by atoms with van der Waals surface area (Å²) in [5.74, 6) is 0.894. The highest BCUT2D eigenvalue weighted by atomic mass is 16.5. The van der Waals surface area contributed by atoms with Gasteiger partial charge in [0, 0.05) is 12.3 Å². The largest absolute Gasteiger partial charge is 0.492 e. The molecule has 1 aromatic carbocycles. The molecule has 0 unspecified atom stereocenters. The average Bonchev–Trinajstić information content (AvgIpc) is 2.60. The fourth-order valence-electron chi connectivity index (χ4n) is 3.46. The van der Waals surface area contributed by atoms with Gasteiger partial charge >= 0.3 is 0 Å². The average molecular weight is 344 g/mol. The number of rotatable bonds is 7. The first kappa shape index (κ1) is 19.3. The molecule has 0 spiro atoms. The second kappa shape index (κ2) is 8.87. The number of nitriles is 1. The van der Waals surface area contributed by atoms with E-state index >= 15 is 0 Å². The molecule has 1 amide bonds. The monoisotopic (exact) mass is 344 g/mol. The van der Waals surface area contributed by atoms with E-state index in [0.717, 1.165) is 32.1 Å². The lowest BCUT2D eigenvalue weighted by molar-refractivity contribution is -0.147. The van der Waals surface area contributed by atoms with Gasteiger partial charge in [0.15, 0.2) is 0 Å². The fourth-order valence-corrected chi connectivity index (χ4v) is 3.46. The zero-order valence-corrected chi connectivity index (χ0v) is 15.4. The molecule has 1 N–H and O–H groups in total. The van der Waals surface area contributed by atoms with Gasteiger partial charge in [0.25, 0.3) is 5.91 Å². The Balaban J connectivity index is 2.16. The Morgan fingerprint density at radius 3 is 2.88 bits per heavy atom. The summed E-state index contributed by atoms with van der Waals surface area (Å²) in [4.78, 5) is 12.9. The summed E-state index contributed by atoms with van der Waals surface area (Å²) >= 11 is 0. The Morgan fingerprint density at radius 1 is 1.44 bits per heavy atom. The third-order valence-electron chi connectivity index (χ3n) is 4.61. The molecule has 2 atom stereocenters. The molecule has 0 heterocycles. The number of nitrogens with zero attached hydrogens (tertiary/aromatic N) is 1. The first-order valence-electron chi connectivity index (χ1n) is 9.17. The fraction of sp³-hybridized carbons (Fsp3) is 0.600. The molecular formula is C20H28N2O3. The van der Waals surface area contributed by atoms with Crippen LogP contribution in [-0.4, -0.2) is 24.7 Å². The van der Waals surface area contributed by atoms with Crippen molar-refractivity contribution in [1.82, 2.24) is 0 Å². The molecule has 0 radical (unpaired) electrons. The maximum absolute atomic E-state index is 12.9. The van der Waals surface area contributed by atoms with Crippen molar-refractivity contribution in [2.45, 2.75) is 58.5 Å². The Kier molecular flexibility index (Phi) is 6.83. The van der Waals surface area contributed by atoms with Crippen LogP contribution in [0.15, 0.2) is 18.2 Å². The minimum absolute atomic E-state index is 0.119. The second-order valence-electron chi connectivity index (χ2n) is 6.75. The van der Waals surface area contributed by atoms with E-state index in [1.54, 1.807) is 18.2 Å². The van der Waals surface area contributed by atoms with E-state index in [9.17, 15) is 10.1 Å². The number of amides is 1. The number of ether oxygens (including phenoxy) is 2. The lowest BCUT2D eigenvalue weighted by Gasteiger charge is -2.38. The number of benzene rings is 1. The van der Waals surface area contributed by atoms with Crippen LogP contribution in [0.1, 0.15) is 58.4 Å². The van der Waals surface area contributed by atoms with E-state index in [1.807, 2.05) is 13.8 Å². The molecule has 0 aliphatic heterocycles. The quantitative estimate of drug-likeness (QED) is 0.802. The van der Waals surface area contributed by atoms with Crippen LogP contribution in [-0.2, 0) is 9.53 Å². The molecule has 0 aromatic heterocycles. The van der Waals surface area contributed by atoms with Crippen molar-refractivity contribution in [2.24, 2.45) is 5.92 Å². The number of hydrogen-bond donors (Lipinski definition) is 1. The van der Waals surface area contributed by atoms with Crippen LogP contribution < -0.4 is 10.1 Å². The predicted molar refractivity (Wildman–Crippen MR) is 97.6 cm³/mol. The first-order valence-corrected chi connectivity index (χ1v) is 9.17. The third kappa shape index (κ3) is 4.73. The lowest BCUT2D eigenvalue weighted by Crippen LogP contribution is -2.48. The van der Waals surface area contributed by atoms with Gasteiger partial charge < -0.3 is 14.8 Å². The van der Waals surface area contributed by atoms with Crippen LogP contribution in [0.3, 0.4) is 0 Å². The van der Waals surface area contributed by atoms with Crippen LogP contribution in [0.5, 0.6) is 5.75 Å². The molecule has 2 rings (SSSR count). The van der Waals surface area contributed by atoms with Gasteiger partial charge in [0.2, 0.25) is 0 Å². The van der Waals surface area contributed by atoms with Gasteiger partial charge in [0.1, 0.15) is 17.4 Å². The zero-order chi connectivity index (χ0) is 18.3. The molecule has 5 heteroatoms. The smallest absolute Gasteiger partial charge is 0.256 e. The van der Waals surface area contributed by atoms with Gasteiger partial charge in [0.05, 0.1) is 12.2 Å². The molecule has 1 saturated carbocycles. The van der Waals surface area contributed by atoms with E-state index in [4.69, 9.17) is 9.47 Å². The summed E-state index contributed by atoms with van der Waals surface area (Å²) in [7, 11) is 0. The van der Waals surface area contributed by atoms with Crippen LogP contribution >= 0.6 is 0 Å². The van der Waals surface area contributed by atoms with Crippen molar-refractivity contribution in [3.05, 3.63) is 23.8 Å². The van der Waals surface area contributed by atoms with Crippen molar-refractivity contribution in [1.29, 1.82) is 5.26 Å². The number of carbonyl (C=O) groups excluding carboxylic acids is 1. The molecule has 5 nitrogen and oxygen atoms in total. The first-order chi connectivity index (χ1) is 12.0. The van der Waals surface area contributed by atoms with Crippen molar-refractivity contribution < 1.29 is 14.3 Å². The second-order valence-corrected chi connectivity index (χ2v) is 6.75. The number of hydrogen-bond acceptors (Lipinski definition) is 4. The van der Waals surface area contributed by atoms with Crippen LogP contribution in [0.25, 0.3) is 0 Å². The Bertz CT molecular complexity index is 634. The van der Waals surface area contributed by atoms with Gasteiger partial charge in [-0.25, -0.2) is 0 Å². The molecule has 136 valence electrons. The summed E-state index contributed by atoms with van der Waals surface area (Å²) < 4.78 is 11.5. The highest BCUT2D eigenvalue weighted by Gasteiger charge is 2.42. The third-order valence-corrected chi connectivity index (χ3v) is 4.61. The number of carbonyl (C=O) groups is 1. The summed E-state index contributed by atoms with van der Waals surface area (Å²) in [5, 5.41) is 12.3. The lowest BCUT2D eigenvalue weighted by atomic mass is 9.78. The van der Waals surface area contributed by atoms with Gasteiger partial charge in [-0.2, -0.15) is 5.26 Å². The van der Waals surface area contributed by atoms with Gasteiger partial charge in [-0.05, 0) is 56.7 Å². The van der Waals surface area contributed by atoms with E-state index in [-0.39, 0.29) is 5.91 Å². The molecule has 1 aromatic rings. The SMILES string of the molecule is CCCOc1ccc(NC(=O)[C@@]2(OCC)CCC[C@@H](C)C2)cc1C#N. The van der Waals surface area contributed by atoms with Crippen molar-refractivity contribution in [2.75, 3.05) is 18.5 Å². The summed E-state index contributed by atoms with van der Waals surface area (Å²) in [6.45, 7) is 7.16. The molecule has 0 bridgehead atoms. The topological polar surface area (TPSA) is 71.3 Å². The van der Waals surface area contributed by atoms with E-state index < -0.39 is 5.60 Å². The van der Waals surface area contributed by atoms with Gasteiger partial charge in [-0.1, -0.05) is 20.3 Å². The molecular weight excluding hydrogens is 316 g/mol. The molecule has 0 saturated heterocycles. The summed E-state index contributed by atoms with van der Waals surface area (Å²) in [6, 6.07) is 7.30. The standard InChI is InChI=1S/C20H28N2O3/c1-4-11-24-18-9-8-17(12-16(18)14-21)22-19(23)20(25-5-2)10-6-7-15(3)13-20/h8-9,12,15H,4-7,10-11,13H2,1-3H3,(H,22,23)/t15-,20-/m1/s1. The predicted octanol–water partition coefficient (Wildman–Crippen LogP) is 4.27. The summed E-state index contributed by atoms with van der Waals surface area (Å²) in [6.07, 6.45) is 4.46. The normalized spacial score (nSPS) is 22.9. The molecule has 25 heavy (non-hydrogen) atoms. The maximum atomic E-state index is 12.9. The highest BCUT2D eigenvalue weighted by molar-refractivity contribution is 5.97. The minimum atomic E-state index is -0.767. The van der Waals surface area contributed by atoms with E-state index in [1.165, 1.54) is 0 Å². The number of nitrogens with one attached hydrogen (secondary N) is 1. The number of anilines is 1. The maximum Gasteiger partial charge on any atom is 0.256 e. The van der Waals surface area contributed by atoms with E-state index in [2.05, 4.69) is 18.3 Å². The van der Waals surface area contributed by atoms with Crippen LogP contribution in [0.2, 0.25) is 0 Å². The van der Waals surface area contributed by atoms with Crippen LogP contribution in [0, 0.1) is 17.2 Å². The van der Waals surface area contributed by atoms with Crippen molar-refractivity contribution in [3.8, 4) is 11.8 Å². The van der Waals surface area contributed by atoms with Gasteiger partial charge in [-0.3, -0.25) is 4.79 Å². The molecule has 1 fully saturated rings. The zero-order valence-electron chi connectivity index (χ0n) is 15.4. The van der Waals surface area contributed by atoms with Crippen molar-refractivity contribution >= 4 is 11.6 Å². The van der Waals surface area contributed by atoms with Crippen LogP contribution in [0.4, 0.5) is 5.69 Å². The van der Waals surface area contributed by atoms with Crippen molar-refractivity contribution in [3.63, 3.8) is 0 Å². The van der Waals surface area contributed by atoms with Gasteiger partial charge in [-0.15, -0.1) is 0 Å². The highest BCUT2D eigenvalue weighted by Crippen LogP contribution is 2.36. The molecule has 1 aliphatic rings. The Morgan fingerprint density at radius 2 is 2.24 bits per heavy atom. The minimum Gasteiger partial charge on any atom is -0.492 e. The Hall–Kier alpha value is -2.06.